The van der Waals surface area contributed by atoms with Crippen LogP contribution in [0.15, 0.2) is 0 Å². The monoisotopic (exact) mass is 240 g/mol. The maximum atomic E-state index is 12.2. The van der Waals surface area contributed by atoms with Crippen LogP contribution in [0.25, 0.3) is 0 Å². The molecule has 1 saturated carbocycles. The molecule has 4 nitrogen and oxygen atoms in total. The van der Waals surface area contributed by atoms with Crippen LogP contribution in [0.3, 0.4) is 0 Å². The zero-order valence-corrected chi connectivity index (χ0v) is 10.7. The van der Waals surface area contributed by atoms with Crippen molar-refractivity contribution in [2.45, 2.75) is 45.1 Å². The topological polar surface area (TPSA) is 61.4 Å². The van der Waals surface area contributed by atoms with Crippen molar-refractivity contribution in [3.05, 3.63) is 0 Å². The van der Waals surface area contributed by atoms with E-state index in [4.69, 9.17) is 0 Å². The van der Waals surface area contributed by atoms with Gasteiger partial charge in [0.2, 0.25) is 5.91 Å². The second-order valence-corrected chi connectivity index (χ2v) is 5.53. The third-order valence-corrected chi connectivity index (χ3v) is 4.55. The fourth-order valence-corrected chi connectivity index (χ4v) is 3.07. The van der Waals surface area contributed by atoms with E-state index in [1.807, 2.05) is 0 Å². The maximum Gasteiger partial charge on any atom is 0.227 e. The molecule has 3 unspecified atom stereocenters. The molecule has 3 N–H and O–H groups in total. The van der Waals surface area contributed by atoms with Gasteiger partial charge in [-0.05, 0) is 32.2 Å². The minimum Gasteiger partial charge on any atom is -0.393 e. The van der Waals surface area contributed by atoms with Crippen molar-refractivity contribution in [1.29, 1.82) is 0 Å². The first kappa shape index (κ1) is 12.8. The summed E-state index contributed by atoms with van der Waals surface area (Å²) < 4.78 is 0. The number of aliphatic hydroxyl groups excluding tert-OH is 1. The largest absolute Gasteiger partial charge is 0.393 e. The van der Waals surface area contributed by atoms with Gasteiger partial charge in [0.15, 0.2) is 0 Å². The van der Waals surface area contributed by atoms with Gasteiger partial charge in [0.1, 0.15) is 0 Å². The van der Waals surface area contributed by atoms with E-state index < -0.39 is 0 Å². The smallest absolute Gasteiger partial charge is 0.227 e. The summed E-state index contributed by atoms with van der Waals surface area (Å²) in [7, 11) is 0. The molecule has 0 bridgehead atoms. The average Bonchev–Trinajstić information content (AvgIpc) is 2.95. The number of nitrogens with one attached hydrogen (secondary N) is 2. The highest BCUT2D eigenvalue weighted by atomic mass is 16.3. The molecular weight excluding hydrogens is 216 g/mol. The summed E-state index contributed by atoms with van der Waals surface area (Å²) >= 11 is 0. The Morgan fingerprint density at radius 3 is 2.88 bits per heavy atom. The molecule has 0 aromatic heterocycles. The van der Waals surface area contributed by atoms with E-state index in [1.54, 1.807) is 0 Å². The van der Waals surface area contributed by atoms with Crippen molar-refractivity contribution >= 4 is 5.91 Å². The molecule has 98 valence electrons. The summed E-state index contributed by atoms with van der Waals surface area (Å²) in [6.45, 7) is 4.45. The van der Waals surface area contributed by atoms with Crippen LogP contribution < -0.4 is 10.6 Å². The summed E-state index contributed by atoms with van der Waals surface area (Å²) in [4.78, 5) is 12.2. The van der Waals surface area contributed by atoms with Gasteiger partial charge in [0.05, 0.1) is 11.5 Å². The van der Waals surface area contributed by atoms with Crippen LogP contribution in [0.2, 0.25) is 0 Å². The Labute approximate surface area is 103 Å². The second kappa shape index (κ2) is 5.36. The molecule has 17 heavy (non-hydrogen) atoms. The lowest BCUT2D eigenvalue weighted by atomic mass is 9.83. The molecule has 1 aliphatic heterocycles. The van der Waals surface area contributed by atoms with Gasteiger partial charge in [-0.3, -0.25) is 4.79 Å². The summed E-state index contributed by atoms with van der Waals surface area (Å²) in [5, 5.41) is 16.0. The van der Waals surface area contributed by atoms with Crippen LogP contribution in [0.5, 0.6) is 0 Å². The first-order valence-electron chi connectivity index (χ1n) is 6.85. The molecule has 1 saturated heterocycles. The SMILES string of the molecule is CCC1(C(=O)NCC2CCCC2O)CCNC1. The molecule has 2 aliphatic rings. The minimum atomic E-state index is -0.213. The zero-order valence-electron chi connectivity index (χ0n) is 10.7. The highest BCUT2D eigenvalue weighted by molar-refractivity contribution is 5.83. The van der Waals surface area contributed by atoms with E-state index in [1.165, 1.54) is 0 Å². The molecular formula is C13H24N2O2. The van der Waals surface area contributed by atoms with Crippen LogP contribution in [0.1, 0.15) is 39.0 Å². The predicted molar refractivity (Wildman–Crippen MR) is 66.6 cm³/mol. The van der Waals surface area contributed by atoms with Gasteiger partial charge in [-0.25, -0.2) is 0 Å². The van der Waals surface area contributed by atoms with Crippen LogP contribution in [0.4, 0.5) is 0 Å². The molecule has 3 atom stereocenters. The average molecular weight is 240 g/mol. The van der Waals surface area contributed by atoms with E-state index in [9.17, 15) is 9.90 Å². The van der Waals surface area contributed by atoms with E-state index in [0.29, 0.717) is 6.54 Å². The van der Waals surface area contributed by atoms with Crippen LogP contribution in [0, 0.1) is 11.3 Å². The quantitative estimate of drug-likeness (QED) is 0.676. The standard InChI is InChI=1S/C13H24N2O2/c1-2-13(6-7-14-9-13)12(17)15-8-10-4-3-5-11(10)16/h10-11,14,16H,2-9H2,1H3,(H,15,17). The van der Waals surface area contributed by atoms with Crippen LogP contribution in [-0.4, -0.2) is 36.8 Å². The molecule has 4 heteroatoms. The third kappa shape index (κ3) is 2.63. The molecule has 1 amide bonds. The summed E-state index contributed by atoms with van der Waals surface area (Å²) in [5.41, 5.74) is -0.205. The van der Waals surface area contributed by atoms with Gasteiger partial charge in [0, 0.05) is 19.0 Å². The van der Waals surface area contributed by atoms with Gasteiger partial charge < -0.3 is 15.7 Å². The Morgan fingerprint density at radius 1 is 1.53 bits per heavy atom. The Hall–Kier alpha value is -0.610. The van der Waals surface area contributed by atoms with E-state index >= 15 is 0 Å². The molecule has 0 aromatic rings. The third-order valence-electron chi connectivity index (χ3n) is 4.55. The Morgan fingerprint density at radius 2 is 2.35 bits per heavy atom. The molecule has 1 aliphatic carbocycles. The lowest BCUT2D eigenvalue weighted by molar-refractivity contribution is -0.130. The Bertz CT molecular complexity index is 275. The molecule has 0 spiro atoms. The van der Waals surface area contributed by atoms with Crippen molar-refractivity contribution in [2.24, 2.45) is 11.3 Å². The van der Waals surface area contributed by atoms with Crippen molar-refractivity contribution in [3.8, 4) is 0 Å². The molecule has 0 radical (unpaired) electrons. The number of carbonyl (C=O) groups excluding carboxylic acids is 1. The highest BCUT2D eigenvalue weighted by Gasteiger charge is 2.39. The Kier molecular flexibility index (Phi) is 4.05. The lowest BCUT2D eigenvalue weighted by Gasteiger charge is -2.26. The molecule has 2 fully saturated rings. The van der Waals surface area contributed by atoms with Crippen molar-refractivity contribution in [1.82, 2.24) is 10.6 Å². The molecule has 1 heterocycles. The van der Waals surface area contributed by atoms with Gasteiger partial charge in [-0.2, -0.15) is 0 Å². The normalized spacial score (nSPS) is 37.3. The lowest BCUT2D eigenvalue weighted by Crippen LogP contribution is -2.44. The fourth-order valence-electron chi connectivity index (χ4n) is 3.07. The number of hydrogen-bond acceptors (Lipinski definition) is 3. The van der Waals surface area contributed by atoms with Crippen molar-refractivity contribution in [3.63, 3.8) is 0 Å². The second-order valence-electron chi connectivity index (χ2n) is 5.53. The summed E-state index contributed by atoms with van der Waals surface area (Å²) in [6, 6.07) is 0. The van der Waals surface area contributed by atoms with Crippen LogP contribution in [-0.2, 0) is 4.79 Å². The molecule has 2 rings (SSSR count). The van der Waals surface area contributed by atoms with E-state index in [0.717, 1.165) is 45.2 Å². The predicted octanol–water partition coefficient (Wildman–Crippen LogP) is 0.653. The van der Waals surface area contributed by atoms with Gasteiger partial charge in [-0.15, -0.1) is 0 Å². The van der Waals surface area contributed by atoms with Crippen LogP contribution >= 0.6 is 0 Å². The Balaban J connectivity index is 1.84. The first-order valence-corrected chi connectivity index (χ1v) is 6.85. The van der Waals surface area contributed by atoms with Crippen molar-refractivity contribution < 1.29 is 9.90 Å². The number of carbonyl (C=O) groups is 1. The van der Waals surface area contributed by atoms with E-state index in [2.05, 4.69) is 17.6 Å². The summed E-state index contributed by atoms with van der Waals surface area (Å²) in [6.07, 6.45) is 4.62. The number of aliphatic hydroxyl groups is 1. The zero-order chi connectivity index (χ0) is 12.3. The highest BCUT2D eigenvalue weighted by Crippen LogP contribution is 2.30. The number of hydrogen-bond donors (Lipinski definition) is 3. The fraction of sp³-hybridized carbons (Fsp3) is 0.923. The van der Waals surface area contributed by atoms with Crippen molar-refractivity contribution in [2.75, 3.05) is 19.6 Å². The first-order chi connectivity index (χ1) is 8.18. The minimum absolute atomic E-state index is 0.170. The van der Waals surface area contributed by atoms with Gasteiger partial charge in [0.25, 0.3) is 0 Å². The number of amides is 1. The van der Waals surface area contributed by atoms with Gasteiger partial charge in [-0.1, -0.05) is 13.3 Å². The van der Waals surface area contributed by atoms with Gasteiger partial charge >= 0.3 is 0 Å². The molecule has 0 aromatic carbocycles. The maximum absolute atomic E-state index is 12.2. The van der Waals surface area contributed by atoms with E-state index in [-0.39, 0.29) is 23.3 Å². The number of rotatable bonds is 4. The summed E-state index contributed by atoms with van der Waals surface area (Å²) in [5.74, 6) is 0.436.